The Hall–Kier alpha value is -2.69. The highest BCUT2D eigenvalue weighted by atomic mass is 35.5. The molecular weight excluding hydrogens is 419 g/mol. The molecule has 0 N–H and O–H groups in total. The van der Waals surface area contributed by atoms with Crippen LogP contribution >= 0.6 is 23.2 Å². The Morgan fingerprint density at radius 3 is 2.57 bits per heavy atom. The van der Waals surface area contributed by atoms with Crippen molar-refractivity contribution in [1.29, 1.82) is 0 Å². The van der Waals surface area contributed by atoms with Crippen molar-refractivity contribution >= 4 is 28.9 Å². The van der Waals surface area contributed by atoms with Crippen LogP contribution < -0.4 is 9.47 Å². The van der Waals surface area contributed by atoms with Crippen molar-refractivity contribution in [2.75, 3.05) is 6.61 Å². The minimum absolute atomic E-state index is 0.0258. The fraction of sp³-hybridized carbons (Fsp3) is 0.208. The lowest BCUT2D eigenvalue weighted by atomic mass is 9.96. The predicted octanol–water partition coefficient (Wildman–Crippen LogP) is 6.63. The quantitative estimate of drug-likeness (QED) is 0.457. The van der Waals surface area contributed by atoms with Crippen LogP contribution in [0.2, 0.25) is 10.0 Å². The Morgan fingerprint density at radius 2 is 1.77 bits per heavy atom. The van der Waals surface area contributed by atoms with E-state index < -0.39 is 6.23 Å². The SMILES string of the molecule is CCOc1ccccc1[C@H]1Oc2ccc(Cl)cc2[C@@H]2CC(c3ccc(Cl)cc3)=NN12. The van der Waals surface area contributed by atoms with Crippen molar-refractivity contribution in [2.45, 2.75) is 25.6 Å². The van der Waals surface area contributed by atoms with Crippen LogP contribution in [0, 0.1) is 0 Å². The van der Waals surface area contributed by atoms with Gasteiger partial charge in [-0.2, -0.15) is 5.10 Å². The van der Waals surface area contributed by atoms with Gasteiger partial charge in [-0.15, -0.1) is 0 Å². The Kier molecular flexibility index (Phi) is 5.05. The minimum atomic E-state index is -0.392. The van der Waals surface area contributed by atoms with Gasteiger partial charge in [-0.25, -0.2) is 5.01 Å². The van der Waals surface area contributed by atoms with Crippen LogP contribution in [-0.2, 0) is 0 Å². The average Bonchev–Trinajstić information content (AvgIpc) is 3.20. The highest BCUT2D eigenvalue weighted by molar-refractivity contribution is 6.31. The Bertz CT molecular complexity index is 1110. The number of para-hydroxylation sites is 1. The van der Waals surface area contributed by atoms with Crippen LogP contribution in [0.25, 0.3) is 0 Å². The molecule has 0 saturated carbocycles. The van der Waals surface area contributed by atoms with Crippen LogP contribution in [0.4, 0.5) is 0 Å². The number of hydrogen-bond donors (Lipinski definition) is 0. The molecule has 0 radical (unpaired) electrons. The summed E-state index contributed by atoms with van der Waals surface area (Å²) in [4.78, 5) is 0. The molecule has 3 aromatic carbocycles. The van der Waals surface area contributed by atoms with Crippen LogP contribution in [-0.4, -0.2) is 17.3 Å². The van der Waals surface area contributed by atoms with Gasteiger partial charge in [-0.3, -0.25) is 0 Å². The molecule has 2 atom stereocenters. The fourth-order valence-electron chi connectivity index (χ4n) is 4.05. The molecule has 0 fully saturated rings. The standard InChI is InChI=1S/C24H20Cl2N2O2/c1-2-29-22-6-4-3-5-18(22)24-28-21(19-13-17(26)11-12-23(19)30-24)14-20(27-28)15-7-9-16(25)10-8-15/h3-13,21,24H,2,14H2,1H3/t21-,24+/m0/s1. The maximum atomic E-state index is 6.44. The first kappa shape index (κ1) is 19.3. The minimum Gasteiger partial charge on any atom is -0.493 e. The number of benzene rings is 3. The summed E-state index contributed by atoms with van der Waals surface area (Å²) < 4.78 is 12.3. The Balaban J connectivity index is 1.61. The van der Waals surface area contributed by atoms with Gasteiger partial charge < -0.3 is 9.47 Å². The molecule has 0 aliphatic carbocycles. The molecule has 0 aromatic heterocycles. The van der Waals surface area contributed by atoms with Gasteiger partial charge in [-0.1, -0.05) is 47.5 Å². The van der Waals surface area contributed by atoms with E-state index in [1.165, 1.54) is 0 Å². The van der Waals surface area contributed by atoms with Gasteiger partial charge in [0.2, 0.25) is 6.23 Å². The molecule has 6 heteroatoms. The maximum absolute atomic E-state index is 6.44. The van der Waals surface area contributed by atoms with Gasteiger partial charge in [0.25, 0.3) is 0 Å². The summed E-state index contributed by atoms with van der Waals surface area (Å²) >= 11 is 12.4. The third kappa shape index (κ3) is 3.40. The first-order valence-corrected chi connectivity index (χ1v) is 10.7. The van der Waals surface area contributed by atoms with Gasteiger partial charge >= 0.3 is 0 Å². The Labute approximate surface area is 185 Å². The van der Waals surface area contributed by atoms with E-state index in [2.05, 4.69) is 0 Å². The monoisotopic (exact) mass is 438 g/mol. The first-order chi connectivity index (χ1) is 14.6. The van der Waals surface area contributed by atoms with E-state index in [1.807, 2.05) is 78.7 Å². The molecule has 2 aliphatic heterocycles. The molecule has 0 saturated heterocycles. The van der Waals surface area contributed by atoms with Gasteiger partial charge in [0.1, 0.15) is 11.5 Å². The van der Waals surface area contributed by atoms with E-state index >= 15 is 0 Å². The number of fused-ring (bicyclic) bond motifs is 3. The van der Waals surface area contributed by atoms with Crippen LogP contribution in [0.15, 0.2) is 71.8 Å². The summed E-state index contributed by atoms with van der Waals surface area (Å²) in [6.07, 6.45) is 0.363. The normalized spacial score (nSPS) is 19.6. The smallest absolute Gasteiger partial charge is 0.217 e. The fourth-order valence-corrected chi connectivity index (χ4v) is 4.36. The molecule has 0 spiro atoms. The molecule has 152 valence electrons. The van der Waals surface area contributed by atoms with Crippen LogP contribution in [0.5, 0.6) is 11.5 Å². The summed E-state index contributed by atoms with van der Waals surface area (Å²) in [6, 6.07) is 21.5. The largest absolute Gasteiger partial charge is 0.493 e. The van der Waals surface area contributed by atoms with E-state index in [-0.39, 0.29) is 6.04 Å². The molecule has 0 amide bonds. The number of nitrogens with zero attached hydrogens (tertiary/aromatic N) is 2. The van der Waals surface area contributed by atoms with E-state index in [0.29, 0.717) is 16.7 Å². The Morgan fingerprint density at radius 1 is 1.00 bits per heavy atom. The second-order valence-corrected chi connectivity index (χ2v) is 8.15. The van der Waals surface area contributed by atoms with E-state index in [1.54, 1.807) is 0 Å². The van der Waals surface area contributed by atoms with Crippen molar-refractivity contribution in [3.8, 4) is 11.5 Å². The molecule has 30 heavy (non-hydrogen) atoms. The van der Waals surface area contributed by atoms with E-state index in [4.69, 9.17) is 37.8 Å². The summed E-state index contributed by atoms with van der Waals surface area (Å²) in [5.41, 5.74) is 4.03. The topological polar surface area (TPSA) is 34.1 Å². The summed E-state index contributed by atoms with van der Waals surface area (Å²) in [6.45, 7) is 2.56. The second kappa shape index (κ2) is 7.86. The molecule has 2 aliphatic rings. The molecule has 2 heterocycles. The summed E-state index contributed by atoms with van der Waals surface area (Å²) in [5, 5.41) is 8.40. The maximum Gasteiger partial charge on any atom is 0.217 e. The number of halogens is 2. The van der Waals surface area contributed by atoms with Crippen LogP contribution in [0.1, 0.15) is 42.3 Å². The van der Waals surface area contributed by atoms with Gasteiger partial charge in [0, 0.05) is 22.0 Å². The highest BCUT2D eigenvalue weighted by Gasteiger charge is 2.42. The predicted molar refractivity (Wildman–Crippen MR) is 120 cm³/mol. The zero-order valence-corrected chi connectivity index (χ0v) is 17.9. The average molecular weight is 439 g/mol. The van der Waals surface area contributed by atoms with Crippen molar-refractivity contribution in [1.82, 2.24) is 5.01 Å². The van der Waals surface area contributed by atoms with Gasteiger partial charge in [0.15, 0.2) is 0 Å². The van der Waals surface area contributed by atoms with Gasteiger partial charge in [0.05, 0.1) is 23.9 Å². The summed E-state index contributed by atoms with van der Waals surface area (Å²) in [5.74, 6) is 1.63. The molecule has 0 bridgehead atoms. The van der Waals surface area contributed by atoms with Crippen molar-refractivity contribution in [3.63, 3.8) is 0 Å². The van der Waals surface area contributed by atoms with E-state index in [9.17, 15) is 0 Å². The third-order valence-electron chi connectivity index (χ3n) is 5.41. The second-order valence-electron chi connectivity index (χ2n) is 7.28. The number of hydrazone groups is 1. The molecule has 0 unspecified atom stereocenters. The van der Waals surface area contributed by atoms with Crippen molar-refractivity contribution in [3.05, 3.63) is 93.5 Å². The number of ether oxygens (including phenoxy) is 2. The lowest BCUT2D eigenvalue weighted by Gasteiger charge is -2.38. The zero-order valence-electron chi connectivity index (χ0n) is 16.4. The van der Waals surface area contributed by atoms with E-state index in [0.717, 1.165) is 40.3 Å². The van der Waals surface area contributed by atoms with Gasteiger partial charge in [-0.05, 0) is 55.0 Å². The lowest BCUT2D eigenvalue weighted by molar-refractivity contribution is -0.0205. The van der Waals surface area contributed by atoms with Crippen molar-refractivity contribution < 1.29 is 9.47 Å². The molecule has 3 aromatic rings. The molecule has 4 nitrogen and oxygen atoms in total. The lowest BCUT2D eigenvalue weighted by Crippen LogP contribution is -2.34. The number of rotatable bonds is 4. The highest BCUT2D eigenvalue weighted by Crippen LogP contribution is 2.49. The van der Waals surface area contributed by atoms with Crippen LogP contribution in [0.3, 0.4) is 0 Å². The number of hydrogen-bond acceptors (Lipinski definition) is 4. The zero-order chi connectivity index (χ0) is 20.7. The molecular formula is C24H20Cl2N2O2. The summed E-state index contributed by atoms with van der Waals surface area (Å²) in [7, 11) is 0. The molecule has 5 rings (SSSR count). The van der Waals surface area contributed by atoms with Crippen molar-refractivity contribution in [2.24, 2.45) is 5.10 Å². The third-order valence-corrected chi connectivity index (χ3v) is 5.90. The first-order valence-electron chi connectivity index (χ1n) is 9.93.